The van der Waals surface area contributed by atoms with Crippen LogP contribution in [0.15, 0.2) is 79.0 Å². The van der Waals surface area contributed by atoms with Gasteiger partial charge >= 0.3 is 0 Å². The van der Waals surface area contributed by atoms with E-state index in [1.54, 1.807) is 27.7 Å². The highest BCUT2D eigenvalue weighted by Crippen LogP contribution is 2.34. The van der Waals surface area contributed by atoms with Crippen molar-refractivity contribution in [2.24, 2.45) is 0 Å². The average molecular weight is 422 g/mol. The molecule has 0 saturated carbocycles. The highest BCUT2D eigenvalue weighted by molar-refractivity contribution is 5.90. The molecule has 0 saturated heterocycles. The first-order chi connectivity index (χ1) is 15.7. The highest BCUT2D eigenvalue weighted by Gasteiger charge is 2.27. The van der Waals surface area contributed by atoms with Crippen molar-refractivity contribution in [3.63, 3.8) is 0 Å². The molecule has 0 N–H and O–H groups in total. The van der Waals surface area contributed by atoms with Gasteiger partial charge in [0.05, 0.1) is 16.0 Å². The van der Waals surface area contributed by atoms with Crippen molar-refractivity contribution < 1.29 is 4.92 Å². The van der Waals surface area contributed by atoms with Gasteiger partial charge in [-0.05, 0) is 36.4 Å². The minimum Gasteiger partial charge on any atom is -0.258 e. The number of non-ortho nitro benzene ring substituents is 1. The Kier molecular flexibility index (Phi) is 3.90. The molecule has 6 rings (SSSR count). The minimum atomic E-state index is -0.595. The Labute approximate surface area is 179 Å². The number of hydrogen-bond acceptors (Lipinski definition) is 7. The second-order valence-corrected chi connectivity index (χ2v) is 7.25. The number of benzene rings is 3. The Morgan fingerprint density at radius 3 is 2.03 bits per heavy atom. The summed E-state index contributed by atoms with van der Waals surface area (Å²) in [6.07, 6.45) is 0.950. The molecule has 0 spiro atoms. The van der Waals surface area contributed by atoms with Crippen molar-refractivity contribution in [2.75, 3.05) is 0 Å². The fourth-order valence-electron chi connectivity index (χ4n) is 4.05. The maximum absolute atomic E-state index is 11.6. The molecule has 0 unspecified atom stereocenters. The van der Waals surface area contributed by atoms with E-state index in [9.17, 15) is 10.1 Å². The molecule has 3 heterocycles. The number of nitro benzene ring substituents is 1. The third kappa shape index (κ3) is 2.63. The van der Waals surface area contributed by atoms with Gasteiger partial charge in [-0.1, -0.05) is 40.8 Å². The first-order valence-electron chi connectivity index (χ1n) is 9.84. The molecule has 32 heavy (non-hydrogen) atoms. The molecule has 10 heteroatoms. The van der Waals surface area contributed by atoms with Crippen molar-refractivity contribution in [1.29, 1.82) is 0 Å². The van der Waals surface area contributed by atoms with Gasteiger partial charge in [-0.3, -0.25) is 10.1 Å². The lowest BCUT2D eigenvalue weighted by Gasteiger charge is -2.20. The monoisotopic (exact) mass is 422 g/mol. The highest BCUT2D eigenvalue weighted by atomic mass is 16.6. The summed E-state index contributed by atoms with van der Waals surface area (Å²) in [6.45, 7) is 0. The molecule has 10 nitrogen and oxygen atoms in total. The van der Waals surface area contributed by atoms with Crippen molar-refractivity contribution >= 4 is 38.7 Å². The maximum Gasteiger partial charge on any atom is 0.295 e. The lowest BCUT2D eigenvalue weighted by molar-refractivity contribution is -0.383. The molecule has 0 aliphatic carbocycles. The number of pyridine rings is 1. The Hall–Kier alpha value is -4.73. The molecule has 0 atom stereocenters. The Morgan fingerprint density at radius 2 is 1.41 bits per heavy atom. The van der Waals surface area contributed by atoms with Crippen LogP contribution in [0.5, 0.6) is 0 Å². The predicted molar refractivity (Wildman–Crippen MR) is 117 cm³/mol. The number of hydrogen-bond donors (Lipinski definition) is 0. The van der Waals surface area contributed by atoms with Crippen molar-refractivity contribution in [2.45, 2.75) is 6.17 Å². The zero-order valence-electron chi connectivity index (χ0n) is 16.5. The zero-order chi connectivity index (χ0) is 21.7. The van der Waals surface area contributed by atoms with Gasteiger partial charge < -0.3 is 0 Å². The number of nitro groups is 1. The molecule has 0 fully saturated rings. The second kappa shape index (κ2) is 6.91. The molecule has 154 valence electrons. The molecule has 0 aliphatic heterocycles. The largest absolute Gasteiger partial charge is 0.295 e. The minimum absolute atomic E-state index is 0.0602. The lowest BCUT2D eigenvalue weighted by atomic mass is 10.0. The van der Waals surface area contributed by atoms with Crippen molar-refractivity contribution in [3.8, 4) is 0 Å². The van der Waals surface area contributed by atoms with Crippen LogP contribution in [0, 0.1) is 10.1 Å². The topological polar surface area (TPSA) is 117 Å². The number of para-hydroxylation sites is 2. The summed E-state index contributed by atoms with van der Waals surface area (Å²) in [5.74, 6) is 0. The number of fused-ring (bicyclic) bond motifs is 3. The lowest BCUT2D eigenvalue weighted by Crippen LogP contribution is -2.22. The molecular formula is C22H14N8O2. The zero-order valence-corrected chi connectivity index (χ0v) is 16.5. The first kappa shape index (κ1) is 18.1. The van der Waals surface area contributed by atoms with Gasteiger partial charge in [0, 0.05) is 23.2 Å². The Bertz CT molecular complexity index is 1560. The van der Waals surface area contributed by atoms with Crippen LogP contribution < -0.4 is 0 Å². The number of aromatic nitrogens is 7. The fourth-order valence-corrected chi connectivity index (χ4v) is 4.05. The molecule has 0 amide bonds. The quantitative estimate of drug-likeness (QED) is 0.314. The van der Waals surface area contributed by atoms with Gasteiger partial charge in [-0.25, -0.2) is 14.3 Å². The second-order valence-electron chi connectivity index (χ2n) is 7.25. The van der Waals surface area contributed by atoms with Gasteiger partial charge in [-0.15, -0.1) is 10.2 Å². The molecule has 0 aliphatic rings. The van der Waals surface area contributed by atoms with E-state index in [1.165, 1.54) is 6.07 Å². The van der Waals surface area contributed by atoms with Crippen LogP contribution in [0.25, 0.3) is 33.0 Å². The average Bonchev–Trinajstić information content (AvgIpc) is 3.44. The van der Waals surface area contributed by atoms with Crippen LogP contribution in [0.3, 0.4) is 0 Å². The molecule has 3 aromatic heterocycles. The number of nitrogens with zero attached hydrogens (tertiary/aromatic N) is 8. The van der Waals surface area contributed by atoms with Crippen molar-refractivity contribution in [1.82, 2.24) is 35.0 Å². The number of rotatable bonds is 4. The van der Waals surface area contributed by atoms with Crippen LogP contribution in [-0.2, 0) is 0 Å². The van der Waals surface area contributed by atoms with Crippen molar-refractivity contribution in [3.05, 3.63) is 94.7 Å². The summed E-state index contributed by atoms with van der Waals surface area (Å²) in [7, 11) is 0. The molecule has 0 radical (unpaired) electrons. The summed E-state index contributed by atoms with van der Waals surface area (Å²) in [4.78, 5) is 15.5. The van der Waals surface area contributed by atoms with Crippen LogP contribution in [0.2, 0.25) is 0 Å². The predicted octanol–water partition coefficient (Wildman–Crippen LogP) is 3.73. The van der Waals surface area contributed by atoms with Gasteiger partial charge in [0.25, 0.3) is 5.69 Å². The SMILES string of the molecule is O=[N+]([O-])c1ccc(C(n2nnc3ccccc32)n2nnc3ccccc32)c2cccnc12. The van der Waals surface area contributed by atoms with E-state index < -0.39 is 11.1 Å². The van der Waals surface area contributed by atoms with Crippen LogP contribution in [0.4, 0.5) is 5.69 Å². The van der Waals surface area contributed by atoms with E-state index in [0.29, 0.717) is 10.9 Å². The van der Waals surface area contributed by atoms with E-state index in [-0.39, 0.29) is 5.69 Å². The van der Waals surface area contributed by atoms with E-state index in [4.69, 9.17) is 0 Å². The fraction of sp³-hybridized carbons (Fsp3) is 0.0455. The van der Waals surface area contributed by atoms with Crippen LogP contribution in [-0.4, -0.2) is 39.9 Å². The van der Waals surface area contributed by atoms with E-state index in [1.807, 2.05) is 54.6 Å². The van der Waals surface area contributed by atoms with Gasteiger partial charge in [0.1, 0.15) is 16.6 Å². The Balaban J connectivity index is 1.71. The van der Waals surface area contributed by atoms with Gasteiger partial charge in [-0.2, -0.15) is 0 Å². The molecule has 0 bridgehead atoms. The first-order valence-corrected chi connectivity index (χ1v) is 9.84. The standard InChI is InChI=1S/C22H14N8O2/c31-30(32)20-12-11-15(14-6-5-13-23-21(14)20)22(28-18-9-3-1-7-16(18)24-26-28)29-19-10-4-2-8-17(19)25-27-29/h1-13,22H. The smallest absolute Gasteiger partial charge is 0.258 e. The van der Waals surface area contributed by atoms with Gasteiger partial charge in [0.2, 0.25) is 0 Å². The van der Waals surface area contributed by atoms with E-state index >= 15 is 0 Å². The third-order valence-electron chi connectivity index (χ3n) is 5.48. The maximum atomic E-state index is 11.6. The molecule has 6 aromatic rings. The van der Waals surface area contributed by atoms with E-state index in [2.05, 4.69) is 25.6 Å². The van der Waals surface area contributed by atoms with Crippen LogP contribution in [0.1, 0.15) is 11.7 Å². The summed E-state index contributed by atoms with van der Waals surface area (Å²) in [5, 5.41) is 29.7. The van der Waals surface area contributed by atoms with Gasteiger partial charge in [0.15, 0.2) is 6.17 Å². The molecular weight excluding hydrogens is 408 g/mol. The summed E-state index contributed by atoms with van der Waals surface area (Å²) in [6, 6.07) is 22.0. The third-order valence-corrected chi connectivity index (χ3v) is 5.48. The summed E-state index contributed by atoms with van der Waals surface area (Å²) in [5.41, 5.74) is 4.03. The van der Waals surface area contributed by atoms with Crippen LogP contribution >= 0.6 is 0 Å². The van der Waals surface area contributed by atoms with E-state index in [0.717, 1.165) is 27.6 Å². The summed E-state index contributed by atoms with van der Waals surface area (Å²) >= 11 is 0. The normalized spacial score (nSPS) is 11.7. The Morgan fingerprint density at radius 1 is 0.781 bits per heavy atom. The summed E-state index contributed by atoms with van der Waals surface area (Å²) < 4.78 is 3.51. The molecule has 3 aromatic carbocycles.